The van der Waals surface area contributed by atoms with Crippen LogP contribution in [0.1, 0.15) is 31.9 Å². The summed E-state index contributed by atoms with van der Waals surface area (Å²) in [4.78, 5) is 23.4. The molecule has 4 heterocycles. The normalized spacial score (nSPS) is 14.1. The fraction of sp³-hybridized carbons (Fsp3) is 0.406. The molecule has 0 radical (unpaired) electrons. The largest absolute Gasteiger partial charge is 0.457 e. The highest BCUT2D eigenvalue weighted by Crippen LogP contribution is 2.39. The van der Waals surface area contributed by atoms with Gasteiger partial charge >= 0.3 is 6.09 Å². The number of fused-ring (bicyclic) bond motifs is 2. The summed E-state index contributed by atoms with van der Waals surface area (Å²) in [6.07, 6.45) is 14.8. The van der Waals surface area contributed by atoms with Gasteiger partial charge < -0.3 is 23.7 Å². The zero-order chi connectivity index (χ0) is 29.2. The van der Waals surface area contributed by atoms with Crippen molar-refractivity contribution in [1.82, 2.24) is 19.4 Å². The Kier molecular flexibility index (Phi) is 8.29. The molecule has 0 bridgehead atoms. The van der Waals surface area contributed by atoms with Gasteiger partial charge in [-0.1, -0.05) is 6.07 Å². The highest BCUT2D eigenvalue weighted by Gasteiger charge is 2.26. The molecule has 4 aromatic rings. The van der Waals surface area contributed by atoms with Crippen molar-refractivity contribution < 1.29 is 19.0 Å². The number of aromatic nitrogens is 3. The van der Waals surface area contributed by atoms with Crippen LogP contribution < -0.4 is 4.74 Å². The van der Waals surface area contributed by atoms with Crippen LogP contribution in [0.15, 0.2) is 61.2 Å². The van der Waals surface area contributed by atoms with Crippen molar-refractivity contribution in [3.05, 3.63) is 72.3 Å². The number of hydrogen-bond acceptors (Lipinski definition) is 6. The highest BCUT2D eigenvalue weighted by molar-refractivity contribution is 8.32. The van der Waals surface area contributed by atoms with Crippen LogP contribution in [0.2, 0.25) is 0 Å². The van der Waals surface area contributed by atoms with Crippen LogP contribution in [0.3, 0.4) is 0 Å². The van der Waals surface area contributed by atoms with Crippen LogP contribution in [-0.4, -0.2) is 68.8 Å². The molecule has 1 amide bonds. The van der Waals surface area contributed by atoms with E-state index in [0.717, 1.165) is 39.9 Å². The topological polar surface area (TPSA) is 78.7 Å². The summed E-state index contributed by atoms with van der Waals surface area (Å²) in [5.74, 6) is 2.47. The molecule has 8 nitrogen and oxygen atoms in total. The number of carbonyl (C=O) groups excluding carboxylic acids is 1. The lowest BCUT2D eigenvalue weighted by molar-refractivity contribution is 0.0224. The standard InChI is InChI=1S/C32H40N4O4S/c1-32(2,3)40-31(37)35-16-12-23-7-8-26(19-25(23)20-35)39-28-11-15-34-30-29(28)27(24-9-13-33-14-10-24)21-36(30)22-38-17-18-41(4,5)6/h7-11,13-15,19,21H,12,16-18,20,22H2,1-6H3. The van der Waals surface area contributed by atoms with Gasteiger partial charge in [0.05, 0.1) is 12.0 Å². The summed E-state index contributed by atoms with van der Waals surface area (Å²) in [6.45, 7) is 7.89. The Morgan fingerprint density at radius 3 is 2.54 bits per heavy atom. The first-order chi connectivity index (χ1) is 19.5. The van der Waals surface area contributed by atoms with E-state index >= 15 is 0 Å². The van der Waals surface area contributed by atoms with E-state index in [4.69, 9.17) is 19.2 Å². The fourth-order valence-corrected chi connectivity index (χ4v) is 5.42. The first-order valence-electron chi connectivity index (χ1n) is 13.9. The molecule has 3 aromatic heterocycles. The number of carbonyl (C=O) groups is 1. The highest BCUT2D eigenvalue weighted by atomic mass is 32.3. The van der Waals surface area contributed by atoms with Crippen LogP contribution in [0.5, 0.6) is 11.5 Å². The van der Waals surface area contributed by atoms with Gasteiger partial charge in [-0.15, -0.1) is 0 Å². The number of nitrogens with zero attached hydrogens (tertiary/aromatic N) is 4. The maximum absolute atomic E-state index is 12.7. The molecule has 1 aliphatic heterocycles. The number of pyridine rings is 2. The summed E-state index contributed by atoms with van der Waals surface area (Å²) in [7, 11) is -0.629. The molecule has 0 saturated carbocycles. The van der Waals surface area contributed by atoms with Crippen molar-refractivity contribution in [1.29, 1.82) is 0 Å². The average Bonchev–Trinajstić information content (AvgIpc) is 3.29. The third kappa shape index (κ3) is 7.21. The molecule has 0 N–H and O–H groups in total. The second-order valence-electron chi connectivity index (χ2n) is 12.3. The van der Waals surface area contributed by atoms with Gasteiger partial charge in [0.25, 0.3) is 0 Å². The smallest absolute Gasteiger partial charge is 0.410 e. The lowest BCUT2D eigenvalue weighted by atomic mass is 10.00. The molecular weight excluding hydrogens is 536 g/mol. The van der Waals surface area contributed by atoms with E-state index in [2.05, 4.69) is 36.0 Å². The van der Waals surface area contributed by atoms with Gasteiger partial charge in [-0.25, -0.2) is 19.8 Å². The first kappa shape index (κ1) is 29.0. The first-order valence-corrected chi connectivity index (χ1v) is 16.9. The predicted octanol–water partition coefficient (Wildman–Crippen LogP) is 6.85. The molecule has 1 aliphatic rings. The van der Waals surface area contributed by atoms with Gasteiger partial charge in [0.15, 0.2) is 0 Å². The minimum Gasteiger partial charge on any atom is -0.457 e. The van der Waals surface area contributed by atoms with Gasteiger partial charge in [0.2, 0.25) is 0 Å². The number of rotatable bonds is 8. The van der Waals surface area contributed by atoms with E-state index in [0.29, 0.717) is 37.9 Å². The van der Waals surface area contributed by atoms with E-state index in [9.17, 15) is 4.79 Å². The molecule has 9 heteroatoms. The zero-order valence-electron chi connectivity index (χ0n) is 24.8. The lowest BCUT2D eigenvalue weighted by Crippen LogP contribution is -2.39. The van der Waals surface area contributed by atoms with Crippen LogP contribution >= 0.6 is 10.0 Å². The summed E-state index contributed by atoms with van der Waals surface area (Å²) in [6, 6.07) is 12.0. The SMILES string of the molecule is CC(C)(C)OC(=O)N1CCc2ccc(Oc3ccnc4c3c(-c3ccncc3)cn4COCCS(C)(C)C)cc2C1. The van der Waals surface area contributed by atoms with Crippen molar-refractivity contribution in [2.75, 3.05) is 37.7 Å². The Balaban J connectivity index is 1.43. The molecular formula is C32H40N4O4S. The summed E-state index contributed by atoms with van der Waals surface area (Å²) in [5, 5.41) is 0.914. The maximum atomic E-state index is 12.7. The van der Waals surface area contributed by atoms with E-state index in [1.807, 2.05) is 55.7 Å². The summed E-state index contributed by atoms with van der Waals surface area (Å²) < 4.78 is 20.3. The molecule has 41 heavy (non-hydrogen) atoms. The number of hydrogen-bond donors (Lipinski definition) is 0. The van der Waals surface area contributed by atoms with E-state index in [1.54, 1.807) is 23.5 Å². The van der Waals surface area contributed by atoms with Gasteiger partial charge in [0, 0.05) is 49.2 Å². The molecule has 1 aromatic carbocycles. The Morgan fingerprint density at radius 1 is 1.02 bits per heavy atom. The van der Waals surface area contributed by atoms with Crippen LogP contribution in [0.25, 0.3) is 22.2 Å². The van der Waals surface area contributed by atoms with Crippen molar-refractivity contribution in [2.24, 2.45) is 0 Å². The monoisotopic (exact) mass is 576 g/mol. The fourth-order valence-electron chi connectivity index (χ4n) is 4.80. The van der Waals surface area contributed by atoms with Crippen molar-refractivity contribution in [2.45, 2.75) is 46.1 Å². The minimum atomic E-state index is -0.629. The van der Waals surface area contributed by atoms with Crippen LogP contribution in [-0.2, 0) is 29.2 Å². The van der Waals surface area contributed by atoms with E-state index in [1.165, 1.54) is 5.56 Å². The lowest BCUT2D eigenvalue weighted by Gasteiger charge is -2.31. The van der Waals surface area contributed by atoms with Gasteiger partial charge in [-0.05, 0) is 93.0 Å². The van der Waals surface area contributed by atoms with Crippen LogP contribution in [0, 0.1) is 0 Å². The number of amides is 1. The second-order valence-corrected chi connectivity index (χ2v) is 16.9. The van der Waals surface area contributed by atoms with Gasteiger partial charge in [-0.3, -0.25) is 4.98 Å². The number of ether oxygens (including phenoxy) is 3. The summed E-state index contributed by atoms with van der Waals surface area (Å²) >= 11 is 0. The van der Waals surface area contributed by atoms with Gasteiger partial charge in [0.1, 0.15) is 29.5 Å². The van der Waals surface area contributed by atoms with E-state index < -0.39 is 15.6 Å². The third-order valence-electron chi connectivity index (χ3n) is 6.85. The van der Waals surface area contributed by atoms with Crippen molar-refractivity contribution in [3.8, 4) is 22.6 Å². The Bertz CT molecular complexity index is 1520. The maximum Gasteiger partial charge on any atom is 0.410 e. The average molecular weight is 577 g/mol. The molecule has 0 fully saturated rings. The third-order valence-corrected chi connectivity index (χ3v) is 8.24. The quantitative estimate of drug-likeness (QED) is 0.214. The molecule has 0 saturated heterocycles. The predicted molar refractivity (Wildman–Crippen MR) is 166 cm³/mol. The zero-order valence-corrected chi connectivity index (χ0v) is 25.7. The van der Waals surface area contributed by atoms with Crippen molar-refractivity contribution >= 4 is 27.2 Å². The van der Waals surface area contributed by atoms with Crippen LogP contribution in [0.4, 0.5) is 4.79 Å². The molecule has 0 atom stereocenters. The number of benzene rings is 1. The Hall–Kier alpha value is -3.56. The molecule has 0 unspecified atom stereocenters. The Morgan fingerprint density at radius 2 is 1.80 bits per heavy atom. The van der Waals surface area contributed by atoms with Crippen molar-refractivity contribution in [3.63, 3.8) is 0 Å². The molecule has 0 spiro atoms. The van der Waals surface area contributed by atoms with E-state index in [-0.39, 0.29) is 6.09 Å². The summed E-state index contributed by atoms with van der Waals surface area (Å²) in [5.41, 5.74) is 4.58. The molecule has 5 rings (SSSR count). The van der Waals surface area contributed by atoms with Gasteiger partial charge in [-0.2, -0.15) is 0 Å². The molecule has 218 valence electrons. The minimum absolute atomic E-state index is 0.292. The molecule has 0 aliphatic carbocycles. The second kappa shape index (κ2) is 11.7. The Labute approximate surface area is 244 Å².